The number of nitrogens with one attached hydrogen (secondary N) is 1. The van der Waals surface area contributed by atoms with Gasteiger partial charge in [-0.1, -0.05) is 6.07 Å². The summed E-state index contributed by atoms with van der Waals surface area (Å²) in [6, 6.07) is 4.64. The van der Waals surface area contributed by atoms with E-state index in [4.69, 9.17) is 16.2 Å². The van der Waals surface area contributed by atoms with Crippen molar-refractivity contribution in [3.63, 3.8) is 0 Å². The zero-order valence-electron chi connectivity index (χ0n) is 11.5. The second-order valence-electron chi connectivity index (χ2n) is 4.86. The quantitative estimate of drug-likeness (QED) is 0.520. The predicted molar refractivity (Wildman–Crippen MR) is 74.7 cm³/mol. The molecule has 0 saturated heterocycles. The molecule has 0 amide bonds. The summed E-state index contributed by atoms with van der Waals surface area (Å²) in [5.74, 6) is -0.513. The van der Waals surface area contributed by atoms with Gasteiger partial charge in [-0.2, -0.15) is 0 Å². The highest BCUT2D eigenvalue weighted by atomic mass is 19.1. The smallest absolute Gasteiger partial charge is 0.123 e. The molecule has 1 rings (SSSR count). The number of nitrogens with two attached hydrogens (primary N) is 1. The molecule has 0 bridgehead atoms. The van der Waals surface area contributed by atoms with Gasteiger partial charge in [-0.25, -0.2) is 4.39 Å². The van der Waals surface area contributed by atoms with Gasteiger partial charge in [0.25, 0.3) is 0 Å². The molecule has 1 aromatic rings. The highest BCUT2D eigenvalue weighted by molar-refractivity contribution is 5.96. The van der Waals surface area contributed by atoms with Gasteiger partial charge in [-0.05, 0) is 38.0 Å². The lowest BCUT2D eigenvalue weighted by atomic mass is 10.0. The number of halogens is 1. The van der Waals surface area contributed by atoms with Gasteiger partial charge in [-0.3, -0.25) is 10.3 Å². The Morgan fingerprint density at radius 1 is 1.47 bits per heavy atom. The first-order valence-electron chi connectivity index (χ1n) is 6.43. The molecular formula is C14H22FN3O. The minimum atomic E-state index is -0.389. The molecule has 0 spiro atoms. The maximum absolute atomic E-state index is 13.2. The standard InChI is InChI=1S/C14H22FN3O/c1-10(2)18(6-3-7-19)9-11-4-5-12(15)8-13(11)14(16)17/h4-5,8,10,19H,3,6-7,9H2,1-2H3,(H3,16,17). The van der Waals surface area contributed by atoms with E-state index in [1.807, 2.05) is 0 Å². The largest absolute Gasteiger partial charge is 0.396 e. The summed E-state index contributed by atoms with van der Waals surface area (Å²) >= 11 is 0. The molecule has 4 N–H and O–H groups in total. The Morgan fingerprint density at radius 2 is 2.16 bits per heavy atom. The minimum Gasteiger partial charge on any atom is -0.396 e. The fraction of sp³-hybridized carbons (Fsp3) is 0.500. The molecule has 0 aliphatic carbocycles. The molecule has 0 fully saturated rings. The first-order valence-corrected chi connectivity index (χ1v) is 6.43. The molecule has 4 nitrogen and oxygen atoms in total. The number of aliphatic hydroxyl groups is 1. The van der Waals surface area contributed by atoms with Crippen LogP contribution in [0.5, 0.6) is 0 Å². The lowest BCUT2D eigenvalue weighted by Crippen LogP contribution is -2.32. The van der Waals surface area contributed by atoms with E-state index in [1.165, 1.54) is 12.1 Å². The first-order chi connectivity index (χ1) is 8.95. The molecule has 0 radical (unpaired) electrons. The van der Waals surface area contributed by atoms with Crippen LogP contribution in [0.4, 0.5) is 4.39 Å². The van der Waals surface area contributed by atoms with Crippen molar-refractivity contribution in [1.29, 1.82) is 5.41 Å². The molecule has 5 heteroatoms. The number of benzene rings is 1. The van der Waals surface area contributed by atoms with E-state index in [0.29, 0.717) is 24.6 Å². The van der Waals surface area contributed by atoms with E-state index < -0.39 is 0 Å². The van der Waals surface area contributed by atoms with Crippen LogP contribution < -0.4 is 5.73 Å². The van der Waals surface area contributed by atoms with Gasteiger partial charge in [0.2, 0.25) is 0 Å². The predicted octanol–water partition coefficient (Wildman–Crippen LogP) is 1.70. The monoisotopic (exact) mass is 267 g/mol. The molecule has 0 aromatic heterocycles. The topological polar surface area (TPSA) is 73.3 Å². The third-order valence-corrected chi connectivity index (χ3v) is 3.07. The Morgan fingerprint density at radius 3 is 2.68 bits per heavy atom. The summed E-state index contributed by atoms with van der Waals surface area (Å²) < 4.78 is 13.2. The van der Waals surface area contributed by atoms with Gasteiger partial charge >= 0.3 is 0 Å². The van der Waals surface area contributed by atoms with Crippen LogP contribution in [0.15, 0.2) is 18.2 Å². The van der Waals surface area contributed by atoms with Crippen LogP contribution in [0.25, 0.3) is 0 Å². The lowest BCUT2D eigenvalue weighted by molar-refractivity contribution is 0.185. The second-order valence-corrected chi connectivity index (χ2v) is 4.86. The van der Waals surface area contributed by atoms with Crippen molar-refractivity contribution in [3.05, 3.63) is 35.1 Å². The van der Waals surface area contributed by atoms with Crippen molar-refractivity contribution < 1.29 is 9.50 Å². The fourth-order valence-corrected chi connectivity index (χ4v) is 1.95. The number of hydrogen-bond donors (Lipinski definition) is 3. The van der Waals surface area contributed by atoms with Crippen molar-refractivity contribution in [2.75, 3.05) is 13.2 Å². The van der Waals surface area contributed by atoms with E-state index in [0.717, 1.165) is 12.1 Å². The number of rotatable bonds is 7. The number of nitrogens with zero attached hydrogens (tertiary/aromatic N) is 1. The van der Waals surface area contributed by atoms with E-state index in [1.54, 1.807) is 6.07 Å². The Kier molecular flexibility index (Phi) is 5.92. The van der Waals surface area contributed by atoms with Crippen LogP contribution in [-0.4, -0.2) is 35.0 Å². The van der Waals surface area contributed by atoms with Gasteiger partial charge in [0.1, 0.15) is 11.7 Å². The number of aliphatic hydroxyl groups excluding tert-OH is 1. The van der Waals surface area contributed by atoms with Gasteiger partial charge in [0.15, 0.2) is 0 Å². The molecule has 0 aliphatic heterocycles. The molecular weight excluding hydrogens is 245 g/mol. The summed E-state index contributed by atoms with van der Waals surface area (Å²) in [5, 5.41) is 16.4. The zero-order valence-corrected chi connectivity index (χ0v) is 11.5. The molecule has 106 valence electrons. The van der Waals surface area contributed by atoms with E-state index in [-0.39, 0.29) is 18.3 Å². The number of hydrogen-bond acceptors (Lipinski definition) is 3. The summed E-state index contributed by atoms with van der Waals surface area (Å²) in [6.45, 7) is 5.62. The lowest BCUT2D eigenvalue weighted by Gasteiger charge is -2.27. The Balaban J connectivity index is 2.92. The molecule has 0 aliphatic rings. The molecule has 1 aromatic carbocycles. The average molecular weight is 267 g/mol. The third kappa shape index (κ3) is 4.61. The van der Waals surface area contributed by atoms with Crippen molar-refractivity contribution in [2.45, 2.75) is 32.9 Å². The highest BCUT2D eigenvalue weighted by Crippen LogP contribution is 2.15. The van der Waals surface area contributed by atoms with E-state index in [2.05, 4.69) is 18.7 Å². The van der Waals surface area contributed by atoms with Crippen LogP contribution in [0.3, 0.4) is 0 Å². The summed E-state index contributed by atoms with van der Waals surface area (Å²) in [4.78, 5) is 2.16. The van der Waals surface area contributed by atoms with Crippen LogP contribution in [0.2, 0.25) is 0 Å². The van der Waals surface area contributed by atoms with Crippen molar-refractivity contribution in [3.8, 4) is 0 Å². The van der Waals surface area contributed by atoms with Crippen LogP contribution in [0, 0.1) is 11.2 Å². The normalized spacial score (nSPS) is 11.3. The van der Waals surface area contributed by atoms with Crippen LogP contribution in [-0.2, 0) is 6.54 Å². The Labute approximate surface area is 113 Å². The van der Waals surface area contributed by atoms with Crippen LogP contribution >= 0.6 is 0 Å². The maximum atomic E-state index is 13.2. The number of nitrogen functional groups attached to an aromatic ring is 1. The molecule has 0 heterocycles. The van der Waals surface area contributed by atoms with E-state index >= 15 is 0 Å². The van der Waals surface area contributed by atoms with Crippen LogP contribution in [0.1, 0.15) is 31.4 Å². The van der Waals surface area contributed by atoms with E-state index in [9.17, 15) is 4.39 Å². The summed E-state index contributed by atoms with van der Waals surface area (Å²) in [7, 11) is 0. The maximum Gasteiger partial charge on any atom is 0.123 e. The molecule has 19 heavy (non-hydrogen) atoms. The second kappa shape index (κ2) is 7.21. The Bertz CT molecular complexity index is 435. The highest BCUT2D eigenvalue weighted by Gasteiger charge is 2.14. The summed E-state index contributed by atoms with van der Waals surface area (Å²) in [6.07, 6.45) is 0.689. The number of amidine groups is 1. The molecule has 0 atom stereocenters. The van der Waals surface area contributed by atoms with Crippen molar-refractivity contribution in [1.82, 2.24) is 4.90 Å². The zero-order chi connectivity index (χ0) is 14.4. The van der Waals surface area contributed by atoms with Crippen molar-refractivity contribution in [2.24, 2.45) is 5.73 Å². The summed E-state index contributed by atoms with van der Waals surface area (Å²) in [5.41, 5.74) is 6.77. The SMILES string of the molecule is CC(C)N(CCCO)Cc1ccc(F)cc1C(=N)N. The first kappa shape index (κ1) is 15.6. The third-order valence-electron chi connectivity index (χ3n) is 3.07. The molecule has 0 unspecified atom stereocenters. The minimum absolute atomic E-state index is 0.125. The molecule has 0 saturated carbocycles. The Hall–Kier alpha value is -1.46. The van der Waals surface area contributed by atoms with Crippen molar-refractivity contribution >= 4 is 5.84 Å². The average Bonchev–Trinajstić information content (AvgIpc) is 2.35. The van der Waals surface area contributed by atoms with Gasteiger partial charge in [0.05, 0.1) is 0 Å². The van der Waals surface area contributed by atoms with Gasteiger partial charge in [-0.15, -0.1) is 0 Å². The van der Waals surface area contributed by atoms with Gasteiger partial charge < -0.3 is 10.8 Å². The fourth-order valence-electron chi connectivity index (χ4n) is 1.95. The van der Waals surface area contributed by atoms with Gasteiger partial charge in [0, 0.05) is 31.3 Å².